The lowest BCUT2D eigenvalue weighted by atomic mass is 10.1. The standard InChI is InChI=1S/C7H11N3O2/c1-5-8-4-9-10(5)7(2,3)6(11)12/h4H,1-3H3,(H,11,12). The summed E-state index contributed by atoms with van der Waals surface area (Å²) in [5.41, 5.74) is -1.03. The van der Waals surface area contributed by atoms with E-state index in [1.54, 1.807) is 20.8 Å². The molecule has 0 fully saturated rings. The maximum Gasteiger partial charge on any atom is 0.331 e. The summed E-state index contributed by atoms with van der Waals surface area (Å²) in [6.07, 6.45) is 1.35. The zero-order valence-corrected chi connectivity index (χ0v) is 7.27. The molecule has 0 bridgehead atoms. The second-order valence-corrected chi connectivity index (χ2v) is 3.08. The molecule has 66 valence electrons. The van der Waals surface area contributed by atoms with Crippen molar-refractivity contribution in [2.45, 2.75) is 26.3 Å². The van der Waals surface area contributed by atoms with E-state index in [2.05, 4.69) is 10.1 Å². The number of hydrogen-bond donors (Lipinski definition) is 1. The molecule has 0 unspecified atom stereocenters. The molecule has 1 heterocycles. The Hall–Kier alpha value is -1.39. The lowest BCUT2D eigenvalue weighted by Crippen LogP contribution is -2.37. The molecule has 0 saturated carbocycles. The molecule has 12 heavy (non-hydrogen) atoms. The van der Waals surface area contributed by atoms with E-state index in [1.807, 2.05) is 0 Å². The smallest absolute Gasteiger partial charge is 0.331 e. The molecule has 0 aliphatic heterocycles. The fourth-order valence-electron chi connectivity index (χ4n) is 0.939. The minimum absolute atomic E-state index is 0.599. The van der Waals surface area contributed by atoms with Gasteiger partial charge in [0, 0.05) is 0 Å². The van der Waals surface area contributed by atoms with E-state index in [0.29, 0.717) is 5.82 Å². The van der Waals surface area contributed by atoms with Crippen LogP contribution in [-0.2, 0) is 10.3 Å². The highest BCUT2D eigenvalue weighted by atomic mass is 16.4. The van der Waals surface area contributed by atoms with Gasteiger partial charge in [-0.15, -0.1) is 0 Å². The first-order chi connectivity index (χ1) is 5.46. The summed E-state index contributed by atoms with van der Waals surface area (Å²) in [7, 11) is 0. The largest absolute Gasteiger partial charge is 0.479 e. The molecule has 1 aromatic heterocycles. The molecule has 0 radical (unpaired) electrons. The van der Waals surface area contributed by atoms with Crippen LogP contribution in [-0.4, -0.2) is 25.8 Å². The lowest BCUT2D eigenvalue weighted by molar-refractivity contribution is -0.146. The highest BCUT2D eigenvalue weighted by molar-refractivity contribution is 5.75. The predicted molar refractivity (Wildman–Crippen MR) is 41.7 cm³/mol. The highest BCUT2D eigenvalue weighted by Crippen LogP contribution is 2.14. The van der Waals surface area contributed by atoms with Gasteiger partial charge in [0.2, 0.25) is 0 Å². The van der Waals surface area contributed by atoms with Crippen LogP contribution >= 0.6 is 0 Å². The molecular weight excluding hydrogens is 158 g/mol. The van der Waals surface area contributed by atoms with E-state index in [-0.39, 0.29) is 0 Å². The van der Waals surface area contributed by atoms with Crippen LogP contribution in [0.2, 0.25) is 0 Å². The number of hydrogen-bond acceptors (Lipinski definition) is 3. The van der Waals surface area contributed by atoms with Crippen molar-refractivity contribution in [3.63, 3.8) is 0 Å². The van der Waals surface area contributed by atoms with Crippen LogP contribution < -0.4 is 0 Å². The van der Waals surface area contributed by atoms with E-state index < -0.39 is 11.5 Å². The average molecular weight is 169 g/mol. The van der Waals surface area contributed by atoms with Gasteiger partial charge < -0.3 is 5.11 Å². The van der Waals surface area contributed by atoms with Crippen molar-refractivity contribution >= 4 is 5.97 Å². The third-order valence-electron chi connectivity index (χ3n) is 1.77. The van der Waals surface area contributed by atoms with Crippen molar-refractivity contribution in [3.05, 3.63) is 12.2 Å². The van der Waals surface area contributed by atoms with E-state index in [0.717, 1.165) is 0 Å². The quantitative estimate of drug-likeness (QED) is 0.696. The van der Waals surface area contributed by atoms with Crippen molar-refractivity contribution in [3.8, 4) is 0 Å². The minimum atomic E-state index is -1.03. The average Bonchev–Trinajstić information content (AvgIpc) is 2.35. The molecule has 1 aromatic rings. The van der Waals surface area contributed by atoms with Gasteiger partial charge in [-0.25, -0.2) is 14.5 Å². The third kappa shape index (κ3) is 1.17. The predicted octanol–water partition coefficient (Wildman–Crippen LogP) is 0.406. The summed E-state index contributed by atoms with van der Waals surface area (Å²) in [5, 5.41) is 12.7. The Labute approximate surface area is 70.0 Å². The van der Waals surface area contributed by atoms with Gasteiger partial charge >= 0.3 is 5.97 Å². The molecular formula is C7H11N3O2. The molecule has 1 N–H and O–H groups in total. The number of carboxylic acids is 1. The fraction of sp³-hybridized carbons (Fsp3) is 0.571. The molecule has 5 heteroatoms. The zero-order valence-electron chi connectivity index (χ0n) is 7.27. The summed E-state index contributed by atoms with van der Waals surface area (Å²) in [4.78, 5) is 14.6. The molecule has 0 aliphatic rings. The minimum Gasteiger partial charge on any atom is -0.479 e. The molecule has 0 aromatic carbocycles. The van der Waals surface area contributed by atoms with E-state index in [4.69, 9.17) is 5.11 Å². The van der Waals surface area contributed by atoms with Crippen molar-refractivity contribution in [1.82, 2.24) is 14.8 Å². The van der Waals surface area contributed by atoms with Gasteiger partial charge in [0.1, 0.15) is 12.2 Å². The lowest BCUT2D eigenvalue weighted by Gasteiger charge is -2.20. The monoisotopic (exact) mass is 169 g/mol. The Morgan fingerprint density at radius 3 is 2.58 bits per heavy atom. The van der Waals surface area contributed by atoms with Crippen LogP contribution in [0.5, 0.6) is 0 Å². The second kappa shape index (κ2) is 2.58. The summed E-state index contributed by atoms with van der Waals surface area (Å²) in [6.45, 7) is 4.88. The maximum absolute atomic E-state index is 10.8. The van der Waals surface area contributed by atoms with Gasteiger partial charge in [-0.2, -0.15) is 5.10 Å². The van der Waals surface area contributed by atoms with Crippen LogP contribution in [0.4, 0.5) is 0 Å². The fourth-order valence-corrected chi connectivity index (χ4v) is 0.939. The Balaban J connectivity index is 3.13. The second-order valence-electron chi connectivity index (χ2n) is 3.08. The van der Waals surface area contributed by atoms with Crippen molar-refractivity contribution in [2.75, 3.05) is 0 Å². The Bertz CT molecular complexity index is 303. The van der Waals surface area contributed by atoms with Crippen molar-refractivity contribution < 1.29 is 9.90 Å². The number of carboxylic acid groups (broad SMARTS) is 1. The molecule has 0 saturated heterocycles. The van der Waals surface area contributed by atoms with E-state index >= 15 is 0 Å². The summed E-state index contributed by atoms with van der Waals surface area (Å²) >= 11 is 0. The van der Waals surface area contributed by atoms with Gasteiger partial charge in [-0.3, -0.25) is 0 Å². The molecule has 0 atom stereocenters. The summed E-state index contributed by atoms with van der Waals surface area (Å²) < 4.78 is 1.38. The number of aromatic nitrogens is 3. The van der Waals surface area contributed by atoms with E-state index in [1.165, 1.54) is 11.0 Å². The number of carbonyl (C=O) groups is 1. The number of aliphatic carboxylic acids is 1. The zero-order chi connectivity index (χ0) is 9.35. The molecule has 0 amide bonds. The number of aryl methyl sites for hydroxylation is 1. The van der Waals surface area contributed by atoms with Gasteiger partial charge in [0.05, 0.1) is 0 Å². The normalized spacial score (nSPS) is 11.6. The van der Waals surface area contributed by atoms with E-state index in [9.17, 15) is 4.79 Å². The molecule has 0 aliphatic carbocycles. The highest BCUT2D eigenvalue weighted by Gasteiger charge is 2.31. The van der Waals surface area contributed by atoms with Crippen LogP contribution in [0.3, 0.4) is 0 Å². The number of nitrogens with zero attached hydrogens (tertiary/aromatic N) is 3. The van der Waals surface area contributed by atoms with Gasteiger partial charge in [0.15, 0.2) is 5.54 Å². The van der Waals surface area contributed by atoms with Gasteiger partial charge in [-0.05, 0) is 20.8 Å². The Morgan fingerprint density at radius 2 is 2.25 bits per heavy atom. The van der Waals surface area contributed by atoms with Gasteiger partial charge in [-0.1, -0.05) is 0 Å². The first-order valence-electron chi connectivity index (χ1n) is 3.56. The van der Waals surface area contributed by atoms with Crippen LogP contribution in [0.1, 0.15) is 19.7 Å². The summed E-state index contributed by atoms with van der Waals surface area (Å²) in [6, 6.07) is 0. The van der Waals surface area contributed by atoms with Crippen LogP contribution in [0, 0.1) is 6.92 Å². The summed E-state index contributed by atoms with van der Waals surface area (Å²) in [5.74, 6) is -0.321. The first kappa shape index (κ1) is 8.70. The molecule has 1 rings (SSSR count). The topological polar surface area (TPSA) is 68.0 Å². The number of rotatable bonds is 2. The SMILES string of the molecule is Cc1ncnn1C(C)(C)C(=O)O. The van der Waals surface area contributed by atoms with Crippen molar-refractivity contribution in [1.29, 1.82) is 0 Å². The van der Waals surface area contributed by atoms with Crippen molar-refractivity contribution in [2.24, 2.45) is 0 Å². The third-order valence-corrected chi connectivity index (χ3v) is 1.77. The molecule has 5 nitrogen and oxygen atoms in total. The molecule has 0 spiro atoms. The Kier molecular flexibility index (Phi) is 1.87. The van der Waals surface area contributed by atoms with Gasteiger partial charge in [0.25, 0.3) is 0 Å². The maximum atomic E-state index is 10.8. The van der Waals surface area contributed by atoms with Crippen LogP contribution in [0.15, 0.2) is 6.33 Å². The first-order valence-corrected chi connectivity index (χ1v) is 3.56. The Morgan fingerprint density at radius 1 is 1.67 bits per heavy atom. The van der Waals surface area contributed by atoms with Crippen LogP contribution in [0.25, 0.3) is 0 Å².